The number of halogens is 1. The van der Waals surface area contributed by atoms with E-state index in [-0.39, 0.29) is 18.5 Å². The molecule has 0 atom stereocenters. The fourth-order valence-electron chi connectivity index (χ4n) is 4.89. The maximum Gasteiger partial charge on any atom is 0.312 e. The Morgan fingerprint density at radius 2 is 1.79 bits per heavy atom. The third-order valence-electron chi connectivity index (χ3n) is 6.74. The van der Waals surface area contributed by atoms with Crippen LogP contribution in [0.15, 0.2) is 57.6 Å². The van der Waals surface area contributed by atoms with Crippen LogP contribution in [-0.4, -0.2) is 39.9 Å². The van der Waals surface area contributed by atoms with Gasteiger partial charge >= 0.3 is 5.97 Å². The highest BCUT2D eigenvalue weighted by Crippen LogP contribution is 2.43. The highest BCUT2D eigenvalue weighted by molar-refractivity contribution is 5.79. The van der Waals surface area contributed by atoms with Crippen molar-refractivity contribution in [2.24, 2.45) is 5.92 Å². The highest BCUT2D eigenvalue weighted by Gasteiger charge is 2.36. The lowest BCUT2D eigenvalue weighted by Gasteiger charge is -2.39. The lowest BCUT2D eigenvalue weighted by Crippen LogP contribution is -2.51. The summed E-state index contributed by atoms with van der Waals surface area (Å²) in [5.41, 5.74) is 4.10. The van der Waals surface area contributed by atoms with Gasteiger partial charge in [0.2, 0.25) is 0 Å². The Morgan fingerprint density at radius 3 is 2.53 bits per heavy atom. The van der Waals surface area contributed by atoms with Crippen LogP contribution in [-0.2, 0) is 29.4 Å². The van der Waals surface area contributed by atoms with Gasteiger partial charge in [0.25, 0.3) is 0 Å². The van der Waals surface area contributed by atoms with E-state index in [4.69, 9.17) is 18.5 Å². The van der Waals surface area contributed by atoms with E-state index >= 15 is 0 Å². The number of ether oxygens (including phenoxy) is 2. The molecule has 38 heavy (non-hydrogen) atoms. The number of aromatic nitrogens is 2. The molecule has 2 aliphatic rings. The second-order valence-electron chi connectivity index (χ2n) is 10.7. The molecule has 4 aromatic rings. The predicted octanol–water partition coefficient (Wildman–Crippen LogP) is 5.80. The quantitative estimate of drug-likeness (QED) is 0.297. The van der Waals surface area contributed by atoms with Crippen molar-refractivity contribution >= 4 is 5.97 Å². The Hall–Kier alpha value is -3.98. The number of carbonyl (C=O) groups is 1. The predicted molar refractivity (Wildman–Crippen MR) is 137 cm³/mol. The monoisotopic (exact) mass is 517 g/mol. The van der Waals surface area contributed by atoms with Crippen LogP contribution in [0.5, 0.6) is 5.75 Å². The average molecular weight is 518 g/mol. The van der Waals surface area contributed by atoms with Crippen molar-refractivity contribution in [3.8, 4) is 39.8 Å². The van der Waals surface area contributed by atoms with Crippen molar-refractivity contribution in [1.29, 1.82) is 0 Å². The molecular weight excluding hydrogens is 489 g/mol. The van der Waals surface area contributed by atoms with E-state index in [9.17, 15) is 9.18 Å². The van der Waals surface area contributed by atoms with E-state index in [2.05, 4.69) is 15.2 Å². The molecule has 9 heteroatoms. The Bertz CT molecular complexity index is 1480. The molecule has 0 bridgehead atoms. The zero-order chi connectivity index (χ0) is 26.4. The number of rotatable bonds is 6. The first-order chi connectivity index (χ1) is 18.3. The SMILES string of the molecule is CC(C)(C)OC(=O)C1CN(Cc2ccc3c(c2)OCc2c-3noc2-c2noc(-c3ccccc3)c2CF)C1. The van der Waals surface area contributed by atoms with Crippen molar-refractivity contribution in [1.82, 2.24) is 15.2 Å². The zero-order valence-electron chi connectivity index (χ0n) is 21.5. The zero-order valence-corrected chi connectivity index (χ0v) is 21.5. The maximum absolute atomic E-state index is 14.1. The Morgan fingerprint density at radius 1 is 1.05 bits per heavy atom. The van der Waals surface area contributed by atoms with Gasteiger partial charge in [0, 0.05) is 30.8 Å². The van der Waals surface area contributed by atoms with Crippen LogP contribution < -0.4 is 4.74 Å². The molecule has 0 amide bonds. The second-order valence-corrected chi connectivity index (χ2v) is 10.7. The van der Waals surface area contributed by atoms with Crippen LogP contribution in [0.25, 0.3) is 34.0 Å². The van der Waals surface area contributed by atoms with Gasteiger partial charge in [-0.25, -0.2) is 4.39 Å². The van der Waals surface area contributed by atoms with Gasteiger partial charge in [0.1, 0.15) is 30.3 Å². The molecule has 4 heterocycles. The van der Waals surface area contributed by atoms with Crippen LogP contribution in [0.4, 0.5) is 4.39 Å². The molecule has 0 N–H and O–H groups in total. The lowest BCUT2D eigenvalue weighted by atomic mass is 9.97. The summed E-state index contributed by atoms with van der Waals surface area (Å²) < 4.78 is 36.9. The van der Waals surface area contributed by atoms with Crippen LogP contribution in [0.1, 0.15) is 37.5 Å². The first-order valence-corrected chi connectivity index (χ1v) is 12.6. The molecule has 0 saturated carbocycles. The molecular formula is C29H28FN3O5. The molecule has 0 unspecified atom stereocenters. The van der Waals surface area contributed by atoms with Crippen LogP contribution in [0.2, 0.25) is 0 Å². The minimum atomic E-state index is -0.759. The number of benzene rings is 2. The molecule has 6 rings (SSSR count). The smallest absolute Gasteiger partial charge is 0.312 e. The molecule has 1 fully saturated rings. The first-order valence-electron chi connectivity index (χ1n) is 12.6. The van der Waals surface area contributed by atoms with E-state index < -0.39 is 12.3 Å². The second kappa shape index (κ2) is 9.40. The maximum atomic E-state index is 14.1. The normalized spacial score (nSPS) is 15.4. The Labute approximate surface area is 219 Å². The summed E-state index contributed by atoms with van der Waals surface area (Å²) in [7, 11) is 0. The highest BCUT2D eigenvalue weighted by atomic mass is 19.1. The van der Waals surface area contributed by atoms with Crippen molar-refractivity contribution in [3.63, 3.8) is 0 Å². The summed E-state index contributed by atoms with van der Waals surface area (Å²) >= 11 is 0. The van der Waals surface area contributed by atoms with Gasteiger partial charge in [-0.2, -0.15) is 0 Å². The number of alkyl halides is 1. The van der Waals surface area contributed by atoms with Crippen LogP contribution >= 0.6 is 0 Å². The van der Waals surface area contributed by atoms with E-state index in [1.807, 2.05) is 69.3 Å². The minimum absolute atomic E-state index is 0.0904. The number of esters is 1. The average Bonchev–Trinajstić information content (AvgIpc) is 3.49. The number of hydrogen-bond donors (Lipinski definition) is 0. The van der Waals surface area contributed by atoms with Gasteiger partial charge < -0.3 is 18.5 Å². The number of hydrogen-bond acceptors (Lipinski definition) is 8. The van der Waals surface area contributed by atoms with Crippen molar-refractivity contribution in [2.45, 2.75) is 46.2 Å². The number of nitrogens with zero attached hydrogens (tertiary/aromatic N) is 3. The molecule has 2 aromatic carbocycles. The van der Waals surface area contributed by atoms with Gasteiger partial charge in [0.05, 0.1) is 17.0 Å². The minimum Gasteiger partial charge on any atom is -0.488 e. The van der Waals surface area contributed by atoms with E-state index in [0.717, 1.165) is 16.7 Å². The van der Waals surface area contributed by atoms with Crippen LogP contribution in [0, 0.1) is 5.92 Å². The summed E-state index contributed by atoms with van der Waals surface area (Å²) in [4.78, 5) is 14.5. The third-order valence-corrected chi connectivity index (χ3v) is 6.74. The van der Waals surface area contributed by atoms with Gasteiger partial charge in [-0.3, -0.25) is 9.69 Å². The fourth-order valence-corrected chi connectivity index (χ4v) is 4.89. The molecule has 1 saturated heterocycles. The third kappa shape index (κ3) is 4.47. The van der Waals surface area contributed by atoms with E-state index in [1.165, 1.54) is 0 Å². The van der Waals surface area contributed by atoms with Crippen molar-refractivity contribution < 1.29 is 27.7 Å². The van der Waals surface area contributed by atoms with E-state index in [0.29, 0.717) is 59.4 Å². The summed E-state index contributed by atoms with van der Waals surface area (Å²) in [5, 5.41) is 8.42. The Balaban J connectivity index is 1.19. The molecule has 0 spiro atoms. The van der Waals surface area contributed by atoms with E-state index in [1.54, 1.807) is 0 Å². The molecule has 0 aliphatic carbocycles. The van der Waals surface area contributed by atoms with Crippen LogP contribution in [0.3, 0.4) is 0 Å². The molecule has 0 radical (unpaired) electrons. The van der Waals surface area contributed by atoms with Gasteiger partial charge in [0.15, 0.2) is 17.2 Å². The summed E-state index contributed by atoms with van der Waals surface area (Å²) in [6.07, 6.45) is 0. The standard InChI is InChI=1S/C29H28FN3O5/c1-29(2,3)36-28(34)19-14-33(15-19)13-17-9-10-20-23(11-17)35-16-22-24(20)31-38-27(22)25-21(12-30)26(37-32-25)18-7-5-4-6-8-18/h4-11,19H,12-16H2,1-3H3. The molecule has 8 nitrogen and oxygen atoms in total. The molecule has 2 aliphatic heterocycles. The molecule has 196 valence electrons. The number of likely N-dealkylation sites (tertiary alicyclic amines) is 1. The molecule has 2 aromatic heterocycles. The number of carbonyl (C=O) groups excluding carboxylic acids is 1. The van der Waals surface area contributed by atoms with Gasteiger partial charge in [-0.05, 0) is 38.5 Å². The van der Waals surface area contributed by atoms with Gasteiger partial charge in [-0.1, -0.05) is 46.7 Å². The largest absolute Gasteiger partial charge is 0.488 e. The summed E-state index contributed by atoms with van der Waals surface area (Å²) in [5.74, 6) is 1.19. The lowest BCUT2D eigenvalue weighted by molar-refractivity contribution is -0.166. The first kappa shape index (κ1) is 24.4. The number of fused-ring (bicyclic) bond motifs is 3. The van der Waals surface area contributed by atoms with Crippen molar-refractivity contribution in [2.75, 3.05) is 13.1 Å². The van der Waals surface area contributed by atoms with Gasteiger partial charge in [-0.15, -0.1) is 0 Å². The summed E-state index contributed by atoms with van der Waals surface area (Å²) in [6.45, 7) is 7.14. The van der Waals surface area contributed by atoms with Crippen molar-refractivity contribution in [3.05, 3.63) is 65.2 Å². The Kier molecular flexibility index (Phi) is 6.03. The summed E-state index contributed by atoms with van der Waals surface area (Å²) in [6, 6.07) is 15.2. The fraction of sp³-hybridized carbons (Fsp3) is 0.345. The topological polar surface area (TPSA) is 90.8 Å².